The first-order chi connectivity index (χ1) is 20.0. The summed E-state index contributed by atoms with van der Waals surface area (Å²) >= 11 is 0. The summed E-state index contributed by atoms with van der Waals surface area (Å²) in [6.07, 6.45) is -3.75. The molecule has 8 atom stereocenters. The van der Waals surface area contributed by atoms with E-state index in [4.69, 9.17) is 18.9 Å². The number of rotatable bonds is 8. The number of carbonyl (C=O) groups excluding carboxylic acids is 2. The number of aliphatic carboxylic acids is 1. The number of carbonyl (C=O) groups is 3. The van der Waals surface area contributed by atoms with E-state index >= 15 is 0 Å². The molecule has 6 rings (SSSR count). The second-order valence-electron chi connectivity index (χ2n) is 11.5. The van der Waals surface area contributed by atoms with Crippen LogP contribution in [0.1, 0.15) is 49.0 Å². The molecule has 2 aromatic rings. The van der Waals surface area contributed by atoms with Crippen molar-refractivity contribution in [2.75, 3.05) is 7.11 Å². The maximum absolute atomic E-state index is 13.1. The third kappa shape index (κ3) is 3.94. The molecule has 42 heavy (non-hydrogen) atoms. The van der Waals surface area contributed by atoms with Gasteiger partial charge < -0.3 is 39.4 Å². The van der Waals surface area contributed by atoms with E-state index in [-0.39, 0.29) is 29.6 Å². The molecule has 4 aliphatic rings. The van der Waals surface area contributed by atoms with E-state index < -0.39 is 53.3 Å². The second kappa shape index (κ2) is 10.1. The lowest BCUT2D eigenvalue weighted by atomic mass is 9.45. The summed E-state index contributed by atoms with van der Waals surface area (Å²) in [4.78, 5) is 37.3. The van der Waals surface area contributed by atoms with Crippen molar-refractivity contribution >= 4 is 17.9 Å². The lowest BCUT2D eigenvalue weighted by molar-refractivity contribution is -0.183. The number of carboxylic acid groups (broad SMARTS) is 1. The van der Waals surface area contributed by atoms with Gasteiger partial charge in [0.1, 0.15) is 5.76 Å². The molecule has 2 bridgehead atoms. The van der Waals surface area contributed by atoms with Crippen molar-refractivity contribution in [3.63, 3.8) is 0 Å². The average molecular weight is 581 g/mol. The van der Waals surface area contributed by atoms with Crippen molar-refractivity contribution in [3.8, 4) is 11.5 Å². The van der Waals surface area contributed by atoms with Gasteiger partial charge in [0.05, 0.1) is 18.1 Å². The van der Waals surface area contributed by atoms with Crippen LogP contribution in [-0.2, 0) is 35.7 Å². The average Bonchev–Trinajstić information content (AvgIpc) is 3.34. The lowest BCUT2D eigenvalue weighted by Gasteiger charge is -2.61. The van der Waals surface area contributed by atoms with Crippen LogP contribution in [0.3, 0.4) is 0 Å². The highest BCUT2D eigenvalue weighted by Crippen LogP contribution is 2.68. The van der Waals surface area contributed by atoms with Crippen LogP contribution >= 0.6 is 0 Å². The van der Waals surface area contributed by atoms with Crippen LogP contribution in [0.25, 0.3) is 0 Å². The molecule has 1 heterocycles. The smallest absolute Gasteiger partial charge is 0.349 e. The van der Waals surface area contributed by atoms with Crippen LogP contribution in [0.5, 0.6) is 11.5 Å². The quantitative estimate of drug-likeness (QED) is 0.337. The summed E-state index contributed by atoms with van der Waals surface area (Å²) in [5.74, 6) is -3.21. The zero-order valence-electron chi connectivity index (χ0n) is 23.1. The maximum atomic E-state index is 13.1. The Morgan fingerprint density at radius 2 is 1.76 bits per heavy atom. The summed E-state index contributed by atoms with van der Waals surface area (Å²) in [6.45, 7) is 2.12. The normalized spacial score (nSPS) is 30.5. The van der Waals surface area contributed by atoms with Crippen LogP contribution < -0.4 is 9.47 Å². The summed E-state index contributed by atoms with van der Waals surface area (Å²) < 4.78 is 22.4. The van der Waals surface area contributed by atoms with Crippen molar-refractivity contribution in [2.24, 2.45) is 11.8 Å². The minimum absolute atomic E-state index is 0.0383. The number of ether oxygens (including phenoxy) is 4. The Labute approximate surface area is 241 Å². The molecular formula is C31H32O11. The first kappa shape index (κ1) is 28.2. The van der Waals surface area contributed by atoms with E-state index in [1.807, 2.05) is 12.1 Å². The Bertz CT molecular complexity index is 1470. The number of hydrogen-bond donors (Lipinski definition) is 4. The molecule has 0 aromatic heterocycles. The molecule has 1 fully saturated rings. The summed E-state index contributed by atoms with van der Waals surface area (Å²) in [5, 5.41) is 42.8. The highest BCUT2D eigenvalue weighted by Gasteiger charge is 2.72. The van der Waals surface area contributed by atoms with Crippen molar-refractivity contribution in [2.45, 2.75) is 68.0 Å². The van der Waals surface area contributed by atoms with Gasteiger partial charge >= 0.3 is 17.9 Å². The molecule has 1 aliphatic heterocycles. The Morgan fingerprint density at radius 3 is 2.45 bits per heavy atom. The third-order valence-corrected chi connectivity index (χ3v) is 9.50. The standard InChI is InChI=1S/C31H32O11/c1-15-10-12-30-21-17-8-9-19(39-2)25(21)41-26(30)20(11-13-31(30,38)18(15)14-17)40-28(36)22(32)23(33)29(37)42-24(27(34)35)16-6-4-3-5-7-16/h3-9,11,15,18,22-24,26,32-33,38H,10,12-14H2,1-2H3,(H,34,35)/t15?,18-,22+,23+,24-,26-,30?,31+/m0/s1. The van der Waals surface area contributed by atoms with Gasteiger partial charge in [0.15, 0.2) is 29.8 Å². The molecule has 222 valence electrons. The molecule has 0 radical (unpaired) electrons. The van der Waals surface area contributed by atoms with E-state index in [9.17, 15) is 34.8 Å². The van der Waals surface area contributed by atoms with E-state index in [0.717, 1.165) is 17.5 Å². The fourth-order valence-corrected chi connectivity index (χ4v) is 7.47. The zero-order valence-corrected chi connectivity index (χ0v) is 23.1. The predicted octanol–water partition coefficient (Wildman–Crippen LogP) is 1.95. The molecule has 3 aliphatic carbocycles. The molecule has 11 heteroatoms. The molecular weight excluding hydrogens is 548 g/mol. The topological polar surface area (TPSA) is 169 Å². The fourth-order valence-electron chi connectivity index (χ4n) is 7.47. The molecule has 2 aromatic carbocycles. The molecule has 1 saturated carbocycles. The van der Waals surface area contributed by atoms with Crippen molar-refractivity contribution < 1.29 is 53.8 Å². The van der Waals surface area contributed by atoms with Crippen molar-refractivity contribution in [3.05, 3.63) is 71.0 Å². The van der Waals surface area contributed by atoms with Crippen LogP contribution in [0.2, 0.25) is 0 Å². The largest absolute Gasteiger partial charge is 0.493 e. The Hall–Kier alpha value is -3.93. The van der Waals surface area contributed by atoms with Gasteiger partial charge in [-0.25, -0.2) is 14.4 Å². The van der Waals surface area contributed by atoms with Gasteiger partial charge in [0.2, 0.25) is 6.10 Å². The van der Waals surface area contributed by atoms with Crippen molar-refractivity contribution in [1.82, 2.24) is 0 Å². The predicted molar refractivity (Wildman–Crippen MR) is 143 cm³/mol. The zero-order chi connectivity index (χ0) is 30.0. The van der Waals surface area contributed by atoms with Gasteiger partial charge in [0, 0.05) is 11.1 Å². The van der Waals surface area contributed by atoms with Gasteiger partial charge in [-0.15, -0.1) is 0 Å². The Morgan fingerprint density at radius 1 is 1.05 bits per heavy atom. The van der Waals surface area contributed by atoms with Gasteiger partial charge in [0.25, 0.3) is 0 Å². The molecule has 2 unspecified atom stereocenters. The first-order valence-electron chi connectivity index (χ1n) is 13.9. The van der Waals surface area contributed by atoms with Crippen molar-refractivity contribution in [1.29, 1.82) is 0 Å². The fraction of sp³-hybridized carbons (Fsp3) is 0.452. The van der Waals surface area contributed by atoms with E-state index in [1.165, 1.54) is 19.2 Å². The number of carboxylic acids is 1. The van der Waals surface area contributed by atoms with E-state index in [2.05, 4.69) is 6.92 Å². The Balaban J connectivity index is 1.25. The van der Waals surface area contributed by atoms with Crippen LogP contribution in [-0.4, -0.2) is 69.4 Å². The van der Waals surface area contributed by atoms with Crippen LogP contribution in [0.15, 0.2) is 54.3 Å². The number of methoxy groups -OCH3 is 1. The van der Waals surface area contributed by atoms with Gasteiger partial charge in [-0.2, -0.15) is 0 Å². The number of benzene rings is 2. The maximum Gasteiger partial charge on any atom is 0.349 e. The summed E-state index contributed by atoms with van der Waals surface area (Å²) in [6, 6.07) is 11.4. The van der Waals surface area contributed by atoms with Gasteiger partial charge in [-0.3, -0.25) is 0 Å². The molecule has 0 saturated heterocycles. The number of esters is 2. The summed E-state index contributed by atoms with van der Waals surface area (Å²) in [7, 11) is 1.52. The first-order valence-corrected chi connectivity index (χ1v) is 13.9. The van der Waals surface area contributed by atoms with Gasteiger partial charge in [-0.1, -0.05) is 43.3 Å². The minimum Gasteiger partial charge on any atom is -0.493 e. The van der Waals surface area contributed by atoms with Crippen LogP contribution in [0.4, 0.5) is 0 Å². The molecule has 11 nitrogen and oxygen atoms in total. The van der Waals surface area contributed by atoms with Crippen LogP contribution in [0, 0.1) is 11.8 Å². The Kier molecular flexibility index (Phi) is 6.79. The van der Waals surface area contributed by atoms with Gasteiger partial charge in [-0.05, 0) is 55.2 Å². The monoisotopic (exact) mass is 580 g/mol. The van der Waals surface area contributed by atoms with E-state index in [1.54, 1.807) is 24.3 Å². The minimum atomic E-state index is -2.43. The molecule has 1 spiro atoms. The third-order valence-electron chi connectivity index (χ3n) is 9.50. The highest BCUT2D eigenvalue weighted by molar-refractivity contribution is 5.87. The number of hydrogen-bond acceptors (Lipinski definition) is 10. The number of aliphatic hydroxyl groups is 3. The highest BCUT2D eigenvalue weighted by atomic mass is 16.6. The summed E-state index contributed by atoms with van der Waals surface area (Å²) in [5.41, 5.74) is -0.113. The number of aliphatic hydroxyl groups excluding tert-OH is 2. The lowest BCUT2D eigenvalue weighted by Crippen LogP contribution is -2.69. The molecule has 0 amide bonds. The second-order valence-corrected chi connectivity index (χ2v) is 11.5. The van der Waals surface area contributed by atoms with E-state index in [0.29, 0.717) is 24.3 Å². The SMILES string of the molecule is COc1ccc2c3c1O[C@H]1C(OC(=O)[C@H](O)[C@@H](O)C(=O)O[C@H](C(=O)O)c4ccccc4)=CC[C@@]4(O)[C@@H](C2)C(C)CCC314. The molecule has 4 N–H and O–H groups in total.